The van der Waals surface area contributed by atoms with Crippen molar-refractivity contribution >= 4 is 18.0 Å². The Kier molecular flexibility index (Phi) is 3.18. The molecule has 1 amide bonds. The first-order chi connectivity index (χ1) is 8.28. The van der Waals surface area contributed by atoms with Gasteiger partial charge in [-0.2, -0.15) is 4.99 Å². The number of hydrogen-bond donors (Lipinski definition) is 0. The van der Waals surface area contributed by atoms with E-state index in [0.717, 1.165) is 19.4 Å². The Morgan fingerprint density at radius 1 is 1.28 bits per heavy atom. The lowest BCUT2D eigenvalue weighted by atomic mass is 9.72. The average Bonchev–Trinajstić information content (AvgIpc) is 2.61. The van der Waals surface area contributed by atoms with E-state index in [1.807, 2.05) is 0 Å². The molecule has 1 fully saturated rings. The molecule has 2 aliphatic heterocycles. The van der Waals surface area contributed by atoms with E-state index in [9.17, 15) is 4.79 Å². The van der Waals surface area contributed by atoms with Gasteiger partial charge < -0.3 is 0 Å². The second kappa shape index (κ2) is 4.26. The summed E-state index contributed by atoms with van der Waals surface area (Å²) in [6, 6.07) is 0. The lowest BCUT2D eigenvalue weighted by molar-refractivity contribution is -0.112. The molecule has 18 heavy (non-hydrogen) atoms. The van der Waals surface area contributed by atoms with Crippen LogP contribution in [0.25, 0.3) is 0 Å². The van der Waals surface area contributed by atoms with Gasteiger partial charge in [0.1, 0.15) is 12.1 Å². The maximum absolute atomic E-state index is 11.7. The van der Waals surface area contributed by atoms with Gasteiger partial charge in [0.05, 0.1) is 0 Å². The molecule has 0 unspecified atom stereocenters. The maximum Gasteiger partial charge on any atom is 0.293 e. The number of rotatable bonds is 2. The number of carbonyl (C=O) groups excluding carboxylic acids is 1. The molecule has 0 aliphatic carbocycles. The van der Waals surface area contributed by atoms with E-state index in [4.69, 9.17) is 0 Å². The number of aliphatic imine (C=N–C) groups is 2. The summed E-state index contributed by atoms with van der Waals surface area (Å²) in [5.74, 6) is 0.0874. The quantitative estimate of drug-likeness (QED) is 0.753. The highest BCUT2D eigenvalue weighted by Crippen LogP contribution is 2.41. The summed E-state index contributed by atoms with van der Waals surface area (Å²) in [5, 5.41) is 0. The van der Waals surface area contributed by atoms with Gasteiger partial charge in [-0.3, -0.25) is 9.69 Å². The van der Waals surface area contributed by atoms with Crippen molar-refractivity contribution in [2.45, 2.75) is 58.5 Å². The van der Waals surface area contributed by atoms with Crippen LogP contribution < -0.4 is 0 Å². The molecule has 0 atom stereocenters. The fourth-order valence-corrected chi connectivity index (χ4v) is 3.91. The summed E-state index contributed by atoms with van der Waals surface area (Å²) >= 11 is 0. The van der Waals surface area contributed by atoms with E-state index >= 15 is 0 Å². The van der Waals surface area contributed by atoms with E-state index in [-0.39, 0.29) is 22.9 Å². The van der Waals surface area contributed by atoms with Crippen molar-refractivity contribution in [3.63, 3.8) is 0 Å². The zero-order valence-corrected chi connectivity index (χ0v) is 12.0. The van der Waals surface area contributed by atoms with Gasteiger partial charge in [-0.05, 0) is 47.1 Å². The zero-order valence-electron chi connectivity index (χ0n) is 12.0. The van der Waals surface area contributed by atoms with Crippen LogP contribution in [0.1, 0.15) is 47.5 Å². The molecule has 0 N–H and O–H groups in total. The molecule has 0 radical (unpaired) electrons. The maximum atomic E-state index is 11.7. The number of piperidine rings is 1. The van der Waals surface area contributed by atoms with Crippen LogP contribution in [0.3, 0.4) is 0 Å². The SMILES string of the molecule is CCN1C(C)(C)CC(C2=NC=NC2=O)CC1(C)C. The standard InChI is InChI=1S/C14H23N3O/c1-6-17-13(2,3)7-10(8-14(17,4)5)11-12(18)16-9-15-11/h9-10H,6-8H2,1-5H3. The highest BCUT2D eigenvalue weighted by Gasteiger charge is 2.46. The van der Waals surface area contributed by atoms with Crippen LogP contribution in [-0.4, -0.2) is 40.5 Å². The molecule has 2 rings (SSSR count). The van der Waals surface area contributed by atoms with E-state index in [1.165, 1.54) is 6.34 Å². The summed E-state index contributed by atoms with van der Waals surface area (Å²) in [6.45, 7) is 12.3. The second-order valence-electron chi connectivity index (χ2n) is 6.54. The monoisotopic (exact) mass is 249 g/mol. The lowest BCUT2D eigenvalue weighted by Gasteiger charge is -2.55. The molecule has 2 aliphatic rings. The Hall–Kier alpha value is -1.03. The molecule has 0 aromatic rings. The summed E-state index contributed by atoms with van der Waals surface area (Å²) < 4.78 is 0. The highest BCUT2D eigenvalue weighted by atomic mass is 16.1. The normalized spacial score (nSPS) is 27.6. The molecular weight excluding hydrogens is 226 g/mol. The number of hydrogen-bond acceptors (Lipinski definition) is 3. The summed E-state index contributed by atoms with van der Waals surface area (Å²) in [7, 11) is 0. The van der Waals surface area contributed by atoms with Crippen molar-refractivity contribution in [2.24, 2.45) is 15.9 Å². The fourth-order valence-electron chi connectivity index (χ4n) is 3.91. The predicted molar refractivity (Wildman–Crippen MR) is 74.2 cm³/mol. The minimum atomic E-state index is -0.142. The molecule has 1 saturated heterocycles. The molecule has 0 aromatic heterocycles. The topological polar surface area (TPSA) is 45.0 Å². The number of likely N-dealkylation sites (tertiary alicyclic amines) is 1. The first-order valence-corrected chi connectivity index (χ1v) is 6.70. The lowest BCUT2D eigenvalue weighted by Crippen LogP contribution is -2.61. The molecule has 100 valence electrons. The summed E-state index contributed by atoms with van der Waals surface area (Å²) in [4.78, 5) is 22.2. The van der Waals surface area contributed by atoms with Gasteiger partial charge >= 0.3 is 0 Å². The molecule has 0 aromatic carbocycles. The average molecular weight is 249 g/mol. The van der Waals surface area contributed by atoms with E-state index < -0.39 is 0 Å². The number of amides is 1. The van der Waals surface area contributed by atoms with Crippen molar-refractivity contribution in [3.8, 4) is 0 Å². The Bertz CT molecular complexity index is 403. The van der Waals surface area contributed by atoms with E-state index in [0.29, 0.717) is 5.71 Å². The van der Waals surface area contributed by atoms with Gasteiger partial charge in [-0.25, -0.2) is 4.99 Å². The van der Waals surface area contributed by atoms with Crippen LogP contribution in [0, 0.1) is 5.92 Å². The number of nitrogens with zero attached hydrogens (tertiary/aromatic N) is 3. The Morgan fingerprint density at radius 2 is 1.83 bits per heavy atom. The van der Waals surface area contributed by atoms with Crippen LogP contribution >= 0.6 is 0 Å². The largest absolute Gasteiger partial charge is 0.293 e. The van der Waals surface area contributed by atoms with Crippen molar-refractivity contribution in [1.29, 1.82) is 0 Å². The molecule has 0 saturated carbocycles. The molecule has 0 bridgehead atoms. The van der Waals surface area contributed by atoms with E-state index in [2.05, 4.69) is 49.5 Å². The zero-order chi connectivity index (χ0) is 13.6. The van der Waals surface area contributed by atoms with Crippen LogP contribution in [0.5, 0.6) is 0 Å². The van der Waals surface area contributed by atoms with Crippen molar-refractivity contribution in [3.05, 3.63) is 0 Å². The summed E-state index contributed by atoms with van der Waals surface area (Å²) in [6.07, 6.45) is 3.33. The Balaban J connectivity index is 2.26. The van der Waals surface area contributed by atoms with Gasteiger partial charge in [0.2, 0.25) is 0 Å². The number of carbonyl (C=O) groups is 1. The van der Waals surface area contributed by atoms with Crippen LogP contribution in [-0.2, 0) is 4.79 Å². The third-order valence-corrected chi connectivity index (χ3v) is 4.25. The second-order valence-corrected chi connectivity index (χ2v) is 6.54. The van der Waals surface area contributed by atoms with Gasteiger partial charge in [-0.15, -0.1) is 0 Å². The molecule has 0 spiro atoms. The molecular formula is C14H23N3O. The van der Waals surface area contributed by atoms with Gasteiger partial charge in [0, 0.05) is 17.0 Å². The van der Waals surface area contributed by atoms with Gasteiger partial charge in [0.15, 0.2) is 0 Å². The predicted octanol–water partition coefficient (Wildman–Crippen LogP) is 2.29. The van der Waals surface area contributed by atoms with Crippen LogP contribution in [0.15, 0.2) is 9.98 Å². The molecule has 4 heteroatoms. The first kappa shape index (κ1) is 13.4. The van der Waals surface area contributed by atoms with Gasteiger partial charge in [-0.1, -0.05) is 6.92 Å². The Morgan fingerprint density at radius 3 is 2.22 bits per heavy atom. The molecule has 4 nitrogen and oxygen atoms in total. The Labute approximate surface area is 109 Å². The van der Waals surface area contributed by atoms with Crippen molar-refractivity contribution in [1.82, 2.24) is 4.90 Å². The summed E-state index contributed by atoms with van der Waals surface area (Å²) in [5.41, 5.74) is 0.839. The smallest absolute Gasteiger partial charge is 0.293 e. The minimum absolute atomic E-state index is 0.0898. The van der Waals surface area contributed by atoms with Crippen molar-refractivity contribution in [2.75, 3.05) is 6.54 Å². The fraction of sp³-hybridized carbons (Fsp3) is 0.786. The molecule has 2 heterocycles. The first-order valence-electron chi connectivity index (χ1n) is 6.70. The van der Waals surface area contributed by atoms with E-state index in [1.54, 1.807) is 0 Å². The third-order valence-electron chi connectivity index (χ3n) is 4.25. The van der Waals surface area contributed by atoms with Crippen molar-refractivity contribution < 1.29 is 4.79 Å². The van der Waals surface area contributed by atoms with Gasteiger partial charge in [0.25, 0.3) is 5.91 Å². The third kappa shape index (κ3) is 2.14. The van der Waals surface area contributed by atoms with Crippen LogP contribution in [0.2, 0.25) is 0 Å². The highest BCUT2D eigenvalue weighted by molar-refractivity contribution is 6.44. The minimum Gasteiger partial charge on any atom is -0.293 e. The van der Waals surface area contributed by atoms with Crippen LogP contribution in [0.4, 0.5) is 0 Å².